The number of hydrogen-bond acceptors (Lipinski definition) is 4. The van der Waals surface area contributed by atoms with Crippen LogP contribution in [-0.2, 0) is 16.1 Å². The fourth-order valence-corrected chi connectivity index (χ4v) is 3.60. The van der Waals surface area contributed by atoms with Crippen molar-refractivity contribution in [2.45, 2.75) is 32.7 Å². The van der Waals surface area contributed by atoms with Crippen LogP contribution in [0.2, 0.25) is 0 Å². The highest BCUT2D eigenvalue weighted by Gasteiger charge is 2.29. The van der Waals surface area contributed by atoms with E-state index in [1.165, 1.54) is 29.4 Å². The summed E-state index contributed by atoms with van der Waals surface area (Å²) in [7, 11) is 1.48. The van der Waals surface area contributed by atoms with E-state index in [1.807, 2.05) is 0 Å². The zero-order chi connectivity index (χ0) is 15.7. The molecule has 2 aliphatic heterocycles. The van der Waals surface area contributed by atoms with Gasteiger partial charge < -0.3 is 10.1 Å². The monoisotopic (exact) mass is 302 g/mol. The first-order chi connectivity index (χ1) is 10.6. The summed E-state index contributed by atoms with van der Waals surface area (Å²) < 4.78 is 4.87. The zero-order valence-electron chi connectivity index (χ0n) is 13.8. The number of carbonyl (C=O) groups excluding carboxylic acids is 1. The van der Waals surface area contributed by atoms with E-state index in [4.69, 9.17) is 4.74 Å². The van der Waals surface area contributed by atoms with E-state index in [0.29, 0.717) is 5.92 Å². The molecule has 0 aromatic heterocycles. The van der Waals surface area contributed by atoms with Crippen LogP contribution in [0.1, 0.15) is 34.6 Å². The number of benzene rings is 1. The largest absolute Gasteiger partial charge is 0.469 e. The van der Waals surface area contributed by atoms with Crippen molar-refractivity contribution < 1.29 is 9.53 Å². The number of rotatable bonds is 4. The quantitative estimate of drug-likeness (QED) is 0.864. The van der Waals surface area contributed by atoms with Crippen LogP contribution in [0.3, 0.4) is 0 Å². The normalized spacial score (nSPS) is 22.6. The minimum atomic E-state index is -0.0659. The van der Waals surface area contributed by atoms with E-state index >= 15 is 0 Å². The summed E-state index contributed by atoms with van der Waals surface area (Å²) in [6.07, 6.45) is 0.913. The van der Waals surface area contributed by atoms with Gasteiger partial charge in [-0.1, -0.05) is 12.1 Å². The van der Waals surface area contributed by atoms with Crippen molar-refractivity contribution in [3.05, 3.63) is 34.4 Å². The maximum absolute atomic E-state index is 11.7. The lowest BCUT2D eigenvalue weighted by Crippen LogP contribution is -2.40. The smallest absolute Gasteiger partial charge is 0.310 e. The average Bonchev–Trinajstić information content (AvgIpc) is 2.89. The fraction of sp³-hybridized carbons (Fsp3) is 0.611. The molecule has 22 heavy (non-hydrogen) atoms. The van der Waals surface area contributed by atoms with Gasteiger partial charge in [0, 0.05) is 32.1 Å². The molecule has 120 valence electrons. The van der Waals surface area contributed by atoms with Gasteiger partial charge in [0.15, 0.2) is 0 Å². The molecule has 3 rings (SSSR count). The number of hydrogen-bond donors (Lipinski definition) is 1. The lowest BCUT2D eigenvalue weighted by molar-refractivity contribution is -0.144. The maximum atomic E-state index is 11.7. The second kappa shape index (κ2) is 6.39. The van der Waals surface area contributed by atoms with Crippen LogP contribution in [-0.4, -0.2) is 44.2 Å². The molecule has 4 heteroatoms. The molecule has 0 unspecified atom stereocenters. The van der Waals surface area contributed by atoms with Crippen LogP contribution in [0.5, 0.6) is 0 Å². The van der Waals surface area contributed by atoms with Crippen LogP contribution >= 0.6 is 0 Å². The summed E-state index contributed by atoms with van der Waals surface area (Å²) in [6, 6.07) is 4.70. The molecule has 0 amide bonds. The number of carbonyl (C=O) groups is 1. The first-order valence-electron chi connectivity index (χ1n) is 8.19. The molecule has 1 N–H and O–H groups in total. The number of likely N-dealkylation sites (tertiary alicyclic amines) is 1. The molecule has 0 saturated carbocycles. The maximum Gasteiger partial charge on any atom is 0.310 e. The number of nitrogens with one attached hydrogen (secondary N) is 1. The van der Waals surface area contributed by atoms with Gasteiger partial charge >= 0.3 is 5.97 Å². The van der Waals surface area contributed by atoms with E-state index in [0.717, 1.165) is 39.1 Å². The Hall–Kier alpha value is -1.39. The summed E-state index contributed by atoms with van der Waals surface area (Å²) in [5, 5.41) is 3.34. The first-order valence-corrected chi connectivity index (χ1v) is 8.19. The van der Waals surface area contributed by atoms with E-state index in [1.54, 1.807) is 0 Å². The second-order valence-electron chi connectivity index (χ2n) is 6.73. The minimum Gasteiger partial charge on any atom is -0.469 e. The zero-order valence-corrected chi connectivity index (χ0v) is 13.8. The van der Waals surface area contributed by atoms with Crippen LogP contribution in [0, 0.1) is 19.8 Å². The molecule has 4 nitrogen and oxygen atoms in total. The van der Waals surface area contributed by atoms with Gasteiger partial charge in [-0.2, -0.15) is 0 Å². The van der Waals surface area contributed by atoms with Crippen LogP contribution in [0.15, 0.2) is 12.1 Å². The molecule has 2 heterocycles. The SMILES string of the molecule is COC(=O)[C@@H]1CCN(Cc2c(C)cc(C3CNC3)cc2C)C1. The van der Waals surface area contributed by atoms with Crippen LogP contribution in [0.25, 0.3) is 0 Å². The Kier molecular flexibility index (Phi) is 4.50. The van der Waals surface area contributed by atoms with E-state index in [-0.39, 0.29) is 11.9 Å². The molecular formula is C18H26N2O2. The molecule has 1 aromatic rings. The highest BCUT2D eigenvalue weighted by Crippen LogP contribution is 2.27. The number of methoxy groups -OCH3 is 1. The number of esters is 1. The molecule has 0 aliphatic carbocycles. The fourth-order valence-electron chi connectivity index (χ4n) is 3.60. The van der Waals surface area contributed by atoms with Gasteiger partial charge in [0.1, 0.15) is 0 Å². The highest BCUT2D eigenvalue weighted by atomic mass is 16.5. The van der Waals surface area contributed by atoms with Gasteiger partial charge in [0.2, 0.25) is 0 Å². The minimum absolute atomic E-state index is 0.0472. The van der Waals surface area contributed by atoms with Gasteiger partial charge in [-0.25, -0.2) is 0 Å². The van der Waals surface area contributed by atoms with Gasteiger partial charge in [-0.3, -0.25) is 9.69 Å². The van der Waals surface area contributed by atoms with Crippen molar-refractivity contribution in [3.63, 3.8) is 0 Å². The Morgan fingerprint density at radius 1 is 1.32 bits per heavy atom. The van der Waals surface area contributed by atoms with Crippen LogP contribution < -0.4 is 5.32 Å². The summed E-state index contributed by atoms with van der Waals surface area (Å²) >= 11 is 0. The van der Waals surface area contributed by atoms with E-state index in [9.17, 15) is 4.79 Å². The molecule has 2 aliphatic rings. The highest BCUT2D eigenvalue weighted by molar-refractivity contribution is 5.72. The Balaban J connectivity index is 1.69. The second-order valence-corrected chi connectivity index (χ2v) is 6.73. The topological polar surface area (TPSA) is 41.6 Å². The summed E-state index contributed by atoms with van der Waals surface area (Å²) in [4.78, 5) is 14.0. The lowest BCUT2D eigenvalue weighted by atomic mass is 9.89. The molecule has 1 aromatic carbocycles. The van der Waals surface area contributed by atoms with Crippen molar-refractivity contribution in [2.75, 3.05) is 33.3 Å². The summed E-state index contributed by atoms with van der Waals surface area (Å²) in [5.74, 6) is 0.664. The number of nitrogens with zero attached hydrogens (tertiary/aromatic N) is 1. The van der Waals surface area contributed by atoms with Gasteiger partial charge in [0.05, 0.1) is 13.0 Å². The van der Waals surface area contributed by atoms with Gasteiger partial charge in [-0.15, -0.1) is 0 Å². The predicted molar refractivity (Wildman–Crippen MR) is 86.9 cm³/mol. The average molecular weight is 302 g/mol. The predicted octanol–water partition coefficient (Wildman–Crippen LogP) is 1.99. The molecular weight excluding hydrogens is 276 g/mol. The van der Waals surface area contributed by atoms with Crippen molar-refractivity contribution in [2.24, 2.45) is 5.92 Å². The first kappa shape index (κ1) is 15.5. The third-order valence-corrected chi connectivity index (χ3v) is 5.16. The molecule has 0 spiro atoms. The van der Waals surface area contributed by atoms with Crippen molar-refractivity contribution in [1.29, 1.82) is 0 Å². The number of aryl methyl sites for hydroxylation is 2. The van der Waals surface area contributed by atoms with Crippen molar-refractivity contribution >= 4 is 5.97 Å². The Morgan fingerprint density at radius 3 is 2.55 bits per heavy atom. The van der Waals surface area contributed by atoms with Crippen molar-refractivity contribution in [1.82, 2.24) is 10.2 Å². The Morgan fingerprint density at radius 2 is 2.00 bits per heavy atom. The van der Waals surface area contributed by atoms with E-state index in [2.05, 4.69) is 36.2 Å². The third kappa shape index (κ3) is 3.03. The van der Waals surface area contributed by atoms with Gasteiger partial charge in [0.25, 0.3) is 0 Å². The van der Waals surface area contributed by atoms with Crippen molar-refractivity contribution in [3.8, 4) is 0 Å². The van der Waals surface area contributed by atoms with E-state index < -0.39 is 0 Å². The standard InChI is InChI=1S/C18H26N2O2/c1-12-6-15(16-8-19-9-16)7-13(2)17(12)11-20-5-4-14(10-20)18(21)22-3/h6-7,14,16,19H,4-5,8-11H2,1-3H3/t14-/m1/s1. The molecule has 0 bridgehead atoms. The summed E-state index contributed by atoms with van der Waals surface area (Å²) in [5.41, 5.74) is 5.64. The molecule has 2 fully saturated rings. The molecule has 0 radical (unpaired) electrons. The third-order valence-electron chi connectivity index (χ3n) is 5.16. The molecule has 2 saturated heterocycles. The van der Waals surface area contributed by atoms with Crippen LogP contribution in [0.4, 0.5) is 0 Å². The van der Waals surface area contributed by atoms with Gasteiger partial charge in [-0.05, 0) is 49.1 Å². The lowest BCUT2D eigenvalue weighted by Gasteiger charge is -2.29. The Bertz CT molecular complexity index is 543. The summed E-state index contributed by atoms with van der Waals surface area (Å²) in [6.45, 7) is 9.37. The molecule has 1 atom stereocenters. The number of ether oxygens (including phenoxy) is 1. The Labute approximate surface area is 132 Å².